The summed E-state index contributed by atoms with van der Waals surface area (Å²) in [7, 11) is 0. The molecule has 0 amide bonds. The smallest absolute Gasteiger partial charge is 0.141 e. The fourth-order valence-electron chi connectivity index (χ4n) is 4.09. The normalized spacial score (nSPS) is 11.6. The number of benzene rings is 2. The summed E-state index contributed by atoms with van der Waals surface area (Å²) in [5.74, 6) is 1.71. The van der Waals surface area contributed by atoms with E-state index in [1.54, 1.807) is 0 Å². The highest BCUT2D eigenvalue weighted by molar-refractivity contribution is 6.05. The molecule has 0 atom stereocenters. The molecule has 28 heavy (non-hydrogen) atoms. The minimum absolute atomic E-state index is 0.815. The molecule has 1 N–H and O–H groups in total. The van der Waals surface area contributed by atoms with E-state index in [0.717, 1.165) is 61.5 Å². The maximum atomic E-state index is 5.42. The van der Waals surface area contributed by atoms with Crippen LogP contribution < -0.4 is 0 Å². The van der Waals surface area contributed by atoms with Gasteiger partial charge >= 0.3 is 0 Å². The highest BCUT2D eigenvalue weighted by Crippen LogP contribution is 2.39. The highest BCUT2D eigenvalue weighted by atomic mass is 16.5. The minimum Gasteiger partial charge on any atom is -0.361 e. The van der Waals surface area contributed by atoms with E-state index in [1.807, 2.05) is 33.0 Å². The fourth-order valence-corrected chi connectivity index (χ4v) is 4.09. The number of fused-ring (bicyclic) bond motifs is 2. The van der Waals surface area contributed by atoms with Gasteiger partial charge in [0.25, 0.3) is 0 Å². The average molecular weight is 368 g/mol. The van der Waals surface area contributed by atoms with Crippen LogP contribution in [0.5, 0.6) is 0 Å². The molecular formula is C23H20N4O. The third-order valence-corrected chi connectivity index (χ3v) is 5.29. The molecule has 5 nitrogen and oxygen atoms in total. The molecule has 5 aromatic rings. The number of pyridine rings is 1. The number of aromatic amines is 1. The fraction of sp³-hybridized carbons (Fsp3) is 0.174. The van der Waals surface area contributed by atoms with Gasteiger partial charge in [-0.3, -0.25) is 4.98 Å². The van der Waals surface area contributed by atoms with Crippen LogP contribution in [0.1, 0.15) is 22.8 Å². The Labute approximate surface area is 162 Å². The van der Waals surface area contributed by atoms with Gasteiger partial charge in [-0.25, -0.2) is 4.98 Å². The number of nitrogens with zero attached hydrogens (tertiary/aromatic N) is 3. The Hall–Kier alpha value is -3.47. The molecule has 0 bridgehead atoms. The van der Waals surface area contributed by atoms with Crippen molar-refractivity contribution in [2.24, 2.45) is 0 Å². The molecular weight excluding hydrogens is 348 g/mol. The minimum atomic E-state index is 0.815. The lowest BCUT2D eigenvalue weighted by Gasteiger charge is -2.13. The zero-order chi connectivity index (χ0) is 19.4. The van der Waals surface area contributed by atoms with Gasteiger partial charge < -0.3 is 9.51 Å². The Morgan fingerprint density at radius 2 is 1.82 bits per heavy atom. The molecule has 138 valence electrons. The SMILES string of the molecule is Cc1nc2c(-c3c(C)ccc4ncccc34)cc(-c3c(C)noc3C)cc2[nH]1. The largest absolute Gasteiger partial charge is 0.361 e. The van der Waals surface area contributed by atoms with Crippen molar-refractivity contribution in [2.75, 3.05) is 0 Å². The molecule has 0 saturated carbocycles. The van der Waals surface area contributed by atoms with E-state index in [0.29, 0.717) is 0 Å². The highest BCUT2D eigenvalue weighted by Gasteiger charge is 2.19. The molecule has 0 aliphatic carbocycles. The zero-order valence-corrected chi connectivity index (χ0v) is 16.3. The average Bonchev–Trinajstić information content (AvgIpc) is 3.22. The molecule has 0 spiro atoms. The second kappa shape index (κ2) is 6.02. The summed E-state index contributed by atoms with van der Waals surface area (Å²) in [5, 5.41) is 5.26. The van der Waals surface area contributed by atoms with Gasteiger partial charge in [0, 0.05) is 22.7 Å². The number of hydrogen-bond donors (Lipinski definition) is 1. The van der Waals surface area contributed by atoms with Crippen molar-refractivity contribution in [3.63, 3.8) is 0 Å². The van der Waals surface area contributed by atoms with E-state index in [-0.39, 0.29) is 0 Å². The number of nitrogens with one attached hydrogen (secondary N) is 1. The lowest BCUT2D eigenvalue weighted by atomic mass is 9.92. The Balaban J connectivity index is 1.92. The van der Waals surface area contributed by atoms with Crippen molar-refractivity contribution < 1.29 is 4.52 Å². The monoisotopic (exact) mass is 368 g/mol. The molecule has 0 aliphatic heterocycles. The molecule has 0 unspecified atom stereocenters. The number of aryl methyl sites for hydroxylation is 4. The molecule has 5 rings (SSSR count). The molecule has 0 fully saturated rings. The zero-order valence-electron chi connectivity index (χ0n) is 16.3. The number of hydrogen-bond acceptors (Lipinski definition) is 4. The Morgan fingerprint density at radius 1 is 0.964 bits per heavy atom. The van der Waals surface area contributed by atoms with Gasteiger partial charge in [-0.1, -0.05) is 17.3 Å². The quantitative estimate of drug-likeness (QED) is 0.436. The Morgan fingerprint density at radius 3 is 2.61 bits per heavy atom. The summed E-state index contributed by atoms with van der Waals surface area (Å²) in [4.78, 5) is 12.7. The second-order valence-corrected chi connectivity index (χ2v) is 7.27. The first-order valence-electron chi connectivity index (χ1n) is 9.31. The van der Waals surface area contributed by atoms with E-state index in [4.69, 9.17) is 9.51 Å². The van der Waals surface area contributed by atoms with Crippen molar-refractivity contribution in [2.45, 2.75) is 27.7 Å². The van der Waals surface area contributed by atoms with Crippen molar-refractivity contribution in [3.8, 4) is 22.3 Å². The van der Waals surface area contributed by atoms with Crippen LogP contribution in [0.3, 0.4) is 0 Å². The summed E-state index contributed by atoms with van der Waals surface area (Å²) in [6, 6.07) is 12.6. The second-order valence-electron chi connectivity index (χ2n) is 7.27. The number of rotatable bonds is 2. The molecule has 3 heterocycles. The van der Waals surface area contributed by atoms with Gasteiger partial charge in [-0.2, -0.15) is 0 Å². The molecule has 0 saturated heterocycles. The van der Waals surface area contributed by atoms with Crippen LogP contribution in [0, 0.1) is 27.7 Å². The lowest BCUT2D eigenvalue weighted by Crippen LogP contribution is -1.91. The maximum absolute atomic E-state index is 5.42. The number of aromatic nitrogens is 4. The standard InChI is InChI=1S/C23H20N4O/c1-12-7-8-19-17(6-5-9-24-19)21(12)18-10-16(22-13(2)27-28-14(22)3)11-20-23(18)26-15(4)25-20/h5-11H,1-4H3,(H,25,26). The van der Waals surface area contributed by atoms with Crippen LogP contribution in [-0.2, 0) is 0 Å². The van der Waals surface area contributed by atoms with Gasteiger partial charge in [0.2, 0.25) is 0 Å². The van der Waals surface area contributed by atoms with E-state index in [2.05, 4.69) is 52.4 Å². The first-order chi connectivity index (χ1) is 13.5. The van der Waals surface area contributed by atoms with Gasteiger partial charge in [0.15, 0.2) is 0 Å². The van der Waals surface area contributed by atoms with Crippen molar-refractivity contribution in [3.05, 3.63) is 65.4 Å². The van der Waals surface area contributed by atoms with E-state index >= 15 is 0 Å². The van der Waals surface area contributed by atoms with Crippen LogP contribution in [-0.4, -0.2) is 20.1 Å². The van der Waals surface area contributed by atoms with Gasteiger partial charge in [0.1, 0.15) is 11.6 Å². The maximum Gasteiger partial charge on any atom is 0.141 e. The topological polar surface area (TPSA) is 67.6 Å². The molecule has 0 aliphatic rings. The van der Waals surface area contributed by atoms with Gasteiger partial charge in [-0.15, -0.1) is 0 Å². The van der Waals surface area contributed by atoms with Crippen LogP contribution in [0.2, 0.25) is 0 Å². The first-order valence-corrected chi connectivity index (χ1v) is 9.31. The van der Waals surface area contributed by atoms with Crippen LogP contribution in [0.25, 0.3) is 44.2 Å². The van der Waals surface area contributed by atoms with E-state index in [9.17, 15) is 0 Å². The summed E-state index contributed by atoms with van der Waals surface area (Å²) >= 11 is 0. The number of imidazole rings is 1. The molecule has 5 heteroatoms. The Kier molecular flexibility index (Phi) is 3.59. The summed E-state index contributed by atoms with van der Waals surface area (Å²) in [6.07, 6.45) is 1.83. The summed E-state index contributed by atoms with van der Waals surface area (Å²) in [5.41, 5.74) is 9.38. The molecule has 2 aromatic carbocycles. The third-order valence-electron chi connectivity index (χ3n) is 5.29. The lowest BCUT2D eigenvalue weighted by molar-refractivity contribution is 0.393. The summed E-state index contributed by atoms with van der Waals surface area (Å²) in [6.45, 7) is 8.04. The Bertz CT molecular complexity index is 1340. The van der Waals surface area contributed by atoms with Crippen LogP contribution in [0.4, 0.5) is 0 Å². The van der Waals surface area contributed by atoms with Gasteiger partial charge in [0.05, 0.1) is 22.2 Å². The van der Waals surface area contributed by atoms with Crippen LogP contribution >= 0.6 is 0 Å². The van der Waals surface area contributed by atoms with Crippen molar-refractivity contribution in [1.29, 1.82) is 0 Å². The van der Waals surface area contributed by atoms with E-state index < -0.39 is 0 Å². The predicted octanol–water partition coefficient (Wildman–Crippen LogP) is 5.67. The van der Waals surface area contributed by atoms with Gasteiger partial charge in [-0.05, 0) is 68.7 Å². The number of H-pyrrole nitrogens is 1. The predicted molar refractivity (Wildman–Crippen MR) is 111 cm³/mol. The van der Waals surface area contributed by atoms with Crippen LogP contribution in [0.15, 0.2) is 47.1 Å². The van der Waals surface area contributed by atoms with Crippen molar-refractivity contribution in [1.82, 2.24) is 20.1 Å². The first kappa shape index (κ1) is 16.7. The van der Waals surface area contributed by atoms with Crippen molar-refractivity contribution >= 4 is 21.9 Å². The molecule has 0 radical (unpaired) electrons. The summed E-state index contributed by atoms with van der Waals surface area (Å²) < 4.78 is 5.42. The third kappa shape index (κ3) is 2.43. The van der Waals surface area contributed by atoms with E-state index in [1.165, 1.54) is 5.56 Å². The molecule has 3 aromatic heterocycles.